The van der Waals surface area contributed by atoms with Gasteiger partial charge in [-0.05, 0) is 25.0 Å². The molecule has 2 aromatic rings. The fourth-order valence-electron chi connectivity index (χ4n) is 1.55. The van der Waals surface area contributed by atoms with Crippen molar-refractivity contribution < 1.29 is 5.11 Å². The third kappa shape index (κ3) is 2.92. The lowest BCUT2D eigenvalue weighted by atomic mass is 10.3. The Morgan fingerprint density at radius 3 is 2.88 bits per heavy atom. The van der Waals surface area contributed by atoms with Gasteiger partial charge in [-0.2, -0.15) is 0 Å². The van der Waals surface area contributed by atoms with Crippen LogP contribution in [0.15, 0.2) is 18.3 Å². The standard InChI is InChI=1S/C12H17N3OS/c1-3-9(16)7-15-8-11(13-14-15)12-6-5-10(4-2)17-12/h5-6,8-9,16H,3-4,7H2,1-2H3. The Balaban J connectivity index is 2.12. The maximum absolute atomic E-state index is 9.55. The number of aliphatic hydroxyl groups excluding tert-OH is 1. The molecular formula is C12H17N3OS. The molecule has 0 saturated carbocycles. The molecule has 0 fully saturated rings. The van der Waals surface area contributed by atoms with Gasteiger partial charge in [0.15, 0.2) is 0 Å². The molecule has 92 valence electrons. The van der Waals surface area contributed by atoms with Gasteiger partial charge in [-0.3, -0.25) is 0 Å². The maximum atomic E-state index is 9.55. The predicted molar refractivity (Wildman–Crippen MR) is 69.0 cm³/mol. The Labute approximate surface area is 105 Å². The summed E-state index contributed by atoms with van der Waals surface area (Å²) in [4.78, 5) is 2.49. The summed E-state index contributed by atoms with van der Waals surface area (Å²) in [7, 11) is 0. The van der Waals surface area contributed by atoms with E-state index in [0.29, 0.717) is 6.54 Å². The molecule has 0 amide bonds. The third-order valence-electron chi connectivity index (χ3n) is 2.67. The number of rotatable bonds is 5. The van der Waals surface area contributed by atoms with Crippen LogP contribution in [0.3, 0.4) is 0 Å². The van der Waals surface area contributed by atoms with Crippen LogP contribution in [0.4, 0.5) is 0 Å². The zero-order valence-corrected chi connectivity index (χ0v) is 10.9. The van der Waals surface area contributed by atoms with Gasteiger partial charge in [0.05, 0.1) is 23.7 Å². The first-order valence-corrected chi connectivity index (χ1v) is 6.71. The van der Waals surface area contributed by atoms with E-state index in [2.05, 4.69) is 29.4 Å². The summed E-state index contributed by atoms with van der Waals surface area (Å²) in [6, 6.07) is 4.20. The van der Waals surface area contributed by atoms with Gasteiger partial charge in [0, 0.05) is 4.88 Å². The van der Waals surface area contributed by atoms with E-state index < -0.39 is 0 Å². The molecule has 2 aromatic heterocycles. The highest BCUT2D eigenvalue weighted by atomic mass is 32.1. The Kier molecular flexibility index (Phi) is 3.91. The number of thiophene rings is 1. The van der Waals surface area contributed by atoms with Crippen molar-refractivity contribution in [2.45, 2.75) is 39.3 Å². The summed E-state index contributed by atoms with van der Waals surface area (Å²) in [5.74, 6) is 0. The molecule has 0 aromatic carbocycles. The SMILES string of the molecule is CCc1ccc(-c2cn(CC(O)CC)nn2)s1. The van der Waals surface area contributed by atoms with Crippen molar-refractivity contribution in [3.8, 4) is 10.6 Å². The van der Waals surface area contributed by atoms with Gasteiger partial charge in [-0.25, -0.2) is 4.68 Å². The molecule has 0 radical (unpaired) electrons. The molecule has 17 heavy (non-hydrogen) atoms. The van der Waals surface area contributed by atoms with E-state index in [1.807, 2.05) is 13.1 Å². The van der Waals surface area contributed by atoms with E-state index in [4.69, 9.17) is 0 Å². The topological polar surface area (TPSA) is 50.9 Å². The summed E-state index contributed by atoms with van der Waals surface area (Å²) in [5.41, 5.74) is 0.887. The van der Waals surface area contributed by atoms with Gasteiger partial charge in [-0.15, -0.1) is 16.4 Å². The molecule has 2 heterocycles. The van der Waals surface area contributed by atoms with Gasteiger partial charge < -0.3 is 5.11 Å². The van der Waals surface area contributed by atoms with Crippen molar-refractivity contribution in [1.29, 1.82) is 0 Å². The Morgan fingerprint density at radius 2 is 2.24 bits per heavy atom. The molecule has 0 spiro atoms. The second-order valence-corrected chi connectivity index (χ2v) is 5.18. The monoisotopic (exact) mass is 251 g/mol. The first-order valence-electron chi connectivity index (χ1n) is 5.90. The molecule has 0 saturated heterocycles. The van der Waals surface area contributed by atoms with Crippen LogP contribution in [0.1, 0.15) is 25.1 Å². The van der Waals surface area contributed by atoms with Crippen molar-refractivity contribution in [3.05, 3.63) is 23.2 Å². The summed E-state index contributed by atoms with van der Waals surface area (Å²) in [5, 5.41) is 17.7. The van der Waals surface area contributed by atoms with Crippen molar-refractivity contribution in [1.82, 2.24) is 15.0 Å². The van der Waals surface area contributed by atoms with Gasteiger partial charge >= 0.3 is 0 Å². The zero-order chi connectivity index (χ0) is 12.3. The van der Waals surface area contributed by atoms with Crippen LogP contribution in [-0.2, 0) is 13.0 Å². The molecule has 0 aliphatic heterocycles. The Bertz CT molecular complexity index is 478. The largest absolute Gasteiger partial charge is 0.391 e. The van der Waals surface area contributed by atoms with Gasteiger partial charge in [-0.1, -0.05) is 19.1 Å². The third-order valence-corrected chi connectivity index (χ3v) is 3.92. The average molecular weight is 251 g/mol. The predicted octanol–water partition coefficient (Wildman–Crippen LogP) is 2.34. The smallest absolute Gasteiger partial charge is 0.122 e. The van der Waals surface area contributed by atoms with Crippen LogP contribution in [0.25, 0.3) is 10.6 Å². The highest BCUT2D eigenvalue weighted by Crippen LogP contribution is 2.26. The molecule has 1 atom stereocenters. The summed E-state index contributed by atoms with van der Waals surface area (Å²) >= 11 is 1.75. The number of hydrogen-bond acceptors (Lipinski definition) is 4. The molecule has 0 aliphatic carbocycles. The minimum absolute atomic E-state index is 0.348. The van der Waals surface area contributed by atoms with Crippen molar-refractivity contribution in [2.75, 3.05) is 0 Å². The van der Waals surface area contributed by atoms with E-state index >= 15 is 0 Å². The minimum Gasteiger partial charge on any atom is -0.391 e. The Hall–Kier alpha value is -1.20. The molecule has 1 unspecified atom stereocenters. The number of hydrogen-bond donors (Lipinski definition) is 1. The van der Waals surface area contributed by atoms with Crippen molar-refractivity contribution in [3.63, 3.8) is 0 Å². The number of aromatic nitrogens is 3. The number of nitrogens with zero attached hydrogens (tertiary/aromatic N) is 3. The highest BCUT2D eigenvalue weighted by molar-refractivity contribution is 7.15. The second-order valence-electron chi connectivity index (χ2n) is 4.01. The Morgan fingerprint density at radius 1 is 1.41 bits per heavy atom. The van der Waals surface area contributed by atoms with E-state index in [1.165, 1.54) is 4.88 Å². The quantitative estimate of drug-likeness (QED) is 0.887. The second kappa shape index (κ2) is 5.42. The van der Waals surface area contributed by atoms with Crippen LogP contribution in [-0.4, -0.2) is 26.2 Å². The summed E-state index contributed by atoms with van der Waals surface area (Å²) in [6.45, 7) is 4.61. The van der Waals surface area contributed by atoms with E-state index in [1.54, 1.807) is 16.0 Å². The number of aryl methyl sites for hydroxylation is 1. The fraction of sp³-hybridized carbons (Fsp3) is 0.500. The van der Waals surface area contributed by atoms with Gasteiger partial charge in [0.2, 0.25) is 0 Å². The van der Waals surface area contributed by atoms with Crippen molar-refractivity contribution in [2.24, 2.45) is 0 Å². The molecule has 0 bridgehead atoms. The van der Waals surface area contributed by atoms with Gasteiger partial charge in [0.1, 0.15) is 5.69 Å². The van der Waals surface area contributed by atoms with Crippen LogP contribution in [0.2, 0.25) is 0 Å². The molecule has 0 aliphatic rings. The normalized spacial score (nSPS) is 12.9. The molecular weight excluding hydrogens is 234 g/mol. The summed E-state index contributed by atoms with van der Waals surface area (Å²) < 4.78 is 1.70. The van der Waals surface area contributed by atoms with Crippen LogP contribution in [0, 0.1) is 0 Å². The van der Waals surface area contributed by atoms with Crippen LogP contribution in [0.5, 0.6) is 0 Å². The first kappa shape index (κ1) is 12.3. The van der Waals surface area contributed by atoms with E-state index in [0.717, 1.165) is 23.4 Å². The van der Waals surface area contributed by atoms with E-state index in [-0.39, 0.29) is 6.10 Å². The maximum Gasteiger partial charge on any atom is 0.122 e. The zero-order valence-electron chi connectivity index (χ0n) is 10.1. The van der Waals surface area contributed by atoms with Crippen LogP contribution < -0.4 is 0 Å². The van der Waals surface area contributed by atoms with E-state index in [9.17, 15) is 5.11 Å². The minimum atomic E-state index is -0.348. The average Bonchev–Trinajstić information content (AvgIpc) is 2.96. The van der Waals surface area contributed by atoms with Crippen molar-refractivity contribution >= 4 is 11.3 Å². The highest BCUT2D eigenvalue weighted by Gasteiger charge is 2.08. The molecule has 1 N–H and O–H groups in total. The van der Waals surface area contributed by atoms with Crippen LogP contribution >= 0.6 is 11.3 Å². The van der Waals surface area contributed by atoms with Gasteiger partial charge in [0.25, 0.3) is 0 Å². The lowest BCUT2D eigenvalue weighted by molar-refractivity contribution is 0.144. The first-order chi connectivity index (χ1) is 8.22. The number of aliphatic hydroxyl groups is 1. The molecule has 5 heteroatoms. The fourth-order valence-corrected chi connectivity index (χ4v) is 2.45. The lowest BCUT2D eigenvalue weighted by Gasteiger charge is -2.05. The molecule has 4 nitrogen and oxygen atoms in total. The lowest BCUT2D eigenvalue weighted by Crippen LogP contribution is -2.14. The molecule has 2 rings (SSSR count). The summed E-state index contributed by atoms with van der Waals surface area (Å²) in [6.07, 6.45) is 3.32.